The van der Waals surface area contributed by atoms with Crippen LogP contribution in [-0.4, -0.2) is 60.8 Å². The first kappa shape index (κ1) is 28.1. The summed E-state index contributed by atoms with van der Waals surface area (Å²) in [6.07, 6.45) is 14.8. The molecule has 1 aromatic rings. The van der Waals surface area contributed by atoms with Gasteiger partial charge in [0.25, 0.3) is 0 Å². The van der Waals surface area contributed by atoms with Crippen molar-refractivity contribution in [3.63, 3.8) is 0 Å². The summed E-state index contributed by atoms with van der Waals surface area (Å²) in [6.45, 7) is 12.3. The van der Waals surface area contributed by atoms with E-state index in [4.69, 9.17) is 17.0 Å². The second-order valence-electron chi connectivity index (χ2n) is 9.63. The average Bonchev–Trinajstić information content (AvgIpc) is 2.82. The van der Waals surface area contributed by atoms with Crippen LogP contribution in [0.4, 0.5) is 0 Å². The standard InChI is InChI=1S/C28H49N3OS/c1-3-4-5-6-7-8-9-10-11-12-17-29-28(33)31(25-27-16-13-15-26(2)24-27)19-14-18-30-20-22-32-23-21-30/h13,15-16,24H,3-12,14,17-23,25H2,1-2H3,(H,29,33). The molecule has 33 heavy (non-hydrogen) atoms. The fourth-order valence-electron chi connectivity index (χ4n) is 4.51. The Kier molecular flexibility index (Phi) is 15.5. The van der Waals surface area contributed by atoms with E-state index in [0.29, 0.717) is 0 Å². The molecule has 0 atom stereocenters. The van der Waals surface area contributed by atoms with E-state index in [1.807, 2.05) is 0 Å². The molecular weight excluding hydrogens is 426 g/mol. The molecular formula is C28H49N3OS. The first-order valence-corrected chi connectivity index (χ1v) is 14.0. The van der Waals surface area contributed by atoms with Crippen molar-refractivity contribution < 1.29 is 4.74 Å². The number of benzene rings is 1. The molecule has 2 rings (SSSR count). The summed E-state index contributed by atoms with van der Waals surface area (Å²) >= 11 is 5.83. The van der Waals surface area contributed by atoms with Crippen LogP contribution in [0, 0.1) is 6.92 Å². The summed E-state index contributed by atoms with van der Waals surface area (Å²) in [7, 11) is 0. The molecule has 1 N–H and O–H groups in total. The molecule has 0 spiro atoms. The maximum absolute atomic E-state index is 5.83. The quantitative estimate of drug-likeness (QED) is 0.210. The largest absolute Gasteiger partial charge is 0.379 e. The minimum atomic E-state index is 0.867. The lowest BCUT2D eigenvalue weighted by Crippen LogP contribution is -2.42. The number of ether oxygens (including phenoxy) is 1. The summed E-state index contributed by atoms with van der Waals surface area (Å²) in [6, 6.07) is 8.80. The van der Waals surface area contributed by atoms with Crippen LogP contribution in [0.25, 0.3) is 0 Å². The molecule has 1 aromatic carbocycles. The van der Waals surface area contributed by atoms with E-state index in [-0.39, 0.29) is 0 Å². The Hall–Kier alpha value is -1.17. The van der Waals surface area contributed by atoms with E-state index in [1.54, 1.807) is 0 Å². The van der Waals surface area contributed by atoms with Crippen molar-refractivity contribution in [2.75, 3.05) is 45.9 Å². The van der Waals surface area contributed by atoms with E-state index in [1.165, 1.54) is 75.3 Å². The molecule has 0 bridgehead atoms. The fourth-order valence-corrected chi connectivity index (χ4v) is 4.77. The average molecular weight is 476 g/mol. The van der Waals surface area contributed by atoms with Gasteiger partial charge in [0.05, 0.1) is 13.2 Å². The van der Waals surface area contributed by atoms with E-state index < -0.39 is 0 Å². The highest BCUT2D eigenvalue weighted by molar-refractivity contribution is 7.80. The molecule has 1 fully saturated rings. The lowest BCUT2D eigenvalue weighted by atomic mass is 10.1. The maximum Gasteiger partial charge on any atom is 0.169 e. The van der Waals surface area contributed by atoms with Crippen LogP contribution in [0.2, 0.25) is 0 Å². The van der Waals surface area contributed by atoms with Gasteiger partial charge >= 0.3 is 0 Å². The van der Waals surface area contributed by atoms with Gasteiger partial charge in [-0.1, -0.05) is 94.5 Å². The Balaban J connectivity index is 1.65. The summed E-state index contributed by atoms with van der Waals surface area (Å²) in [5, 5.41) is 4.47. The van der Waals surface area contributed by atoms with E-state index >= 15 is 0 Å². The normalized spacial score (nSPS) is 14.4. The molecule has 0 saturated carbocycles. The van der Waals surface area contributed by atoms with Crippen LogP contribution in [-0.2, 0) is 11.3 Å². The van der Waals surface area contributed by atoms with Gasteiger partial charge in [0.1, 0.15) is 0 Å². The predicted octanol–water partition coefficient (Wildman–Crippen LogP) is 6.31. The summed E-state index contributed by atoms with van der Waals surface area (Å²) in [5.41, 5.74) is 2.65. The SMILES string of the molecule is CCCCCCCCCCCCNC(=S)N(CCCN1CCOCC1)Cc1cccc(C)c1. The zero-order chi connectivity index (χ0) is 23.6. The number of morpholine rings is 1. The van der Waals surface area contributed by atoms with Gasteiger partial charge in [-0.25, -0.2) is 0 Å². The van der Waals surface area contributed by atoms with Gasteiger partial charge in [-0.3, -0.25) is 4.90 Å². The molecule has 1 aliphatic heterocycles. The maximum atomic E-state index is 5.83. The molecule has 188 valence electrons. The van der Waals surface area contributed by atoms with Gasteiger partial charge in [-0.05, 0) is 37.5 Å². The number of nitrogens with one attached hydrogen (secondary N) is 1. The van der Waals surface area contributed by atoms with Crippen molar-refractivity contribution in [2.45, 2.75) is 91.0 Å². The molecule has 1 heterocycles. The first-order valence-electron chi connectivity index (χ1n) is 13.6. The molecule has 0 unspecified atom stereocenters. The number of unbranched alkanes of at least 4 members (excludes halogenated alkanes) is 9. The Morgan fingerprint density at radius 2 is 1.64 bits per heavy atom. The molecule has 1 aliphatic rings. The van der Waals surface area contributed by atoms with Crippen molar-refractivity contribution in [1.82, 2.24) is 15.1 Å². The minimum Gasteiger partial charge on any atom is -0.379 e. The highest BCUT2D eigenvalue weighted by Gasteiger charge is 2.13. The number of thiocarbonyl (C=S) groups is 1. The van der Waals surface area contributed by atoms with Crippen molar-refractivity contribution in [1.29, 1.82) is 0 Å². The lowest BCUT2D eigenvalue weighted by molar-refractivity contribution is 0.0367. The van der Waals surface area contributed by atoms with Crippen LogP contribution in [0.1, 0.15) is 88.7 Å². The van der Waals surface area contributed by atoms with Gasteiger partial charge in [0.15, 0.2) is 5.11 Å². The number of aryl methyl sites for hydroxylation is 1. The number of nitrogens with zero attached hydrogens (tertiary/aromatic N) is 2. The molecule has 0 radical (unpaired) electrons. The number of rotatable bonds is 17. The number of hydrogen-bond donors (Lipinski definition) is 1. The Morgan fingerprint density at radius 1 is 0.970 bits per heavy atom. The van der Waals surface area contributed by atoms with E-state index in [0.717, 1.165) is 64.0 Å². The molecule has 0 aromatic heterocycles. The van der Waals surface area contributed by atoms with Crippen molar-refractivity contribution in [3.8, 4) is 0 Å². The lowest BCUT2D eigenvalue weighted by Gasteiger charge is -2.29. The molecule has 1 saturated heterocycles. The Bertz CT molecular complexity index is 633. The highest BCUT2D eigenvalue weighted by Crippen LogP contribution is 2.11. The topological polar surface area (TPSA) is 27.7 Å². The molecule has 5 heteroatoms. The van der Waals surface area contributed by atoms with Crippen molar-refractivity contribution in [2.24, 2.45) is 0 Å². The van der Waals surface area contributed by atoms with Gasteiger partial charge in [-0.15, -0.1) is 0 Å². The molecule has 4 nitrogen and oxygen atoms in total. The molecule has 0 amide bonds. The minimum absolute atomic E-state index is 0.867. The predicted molar refractivity (Wildman–Crippen MR) is 146 cm³/mol. The zero-order valence-corrected chi connectivity index (χ0v) is 22.3. The Morgan fingerprint density at radius 3 is 2.30 bits per heavy atom. The summed E-state index contributed by atoms with van der Waals surface area (Å²) in [5.74, 6) is 0. The van der Waals surface area contributed by atoms with Gasteiger partial charge in [-0.2, -0.15) is 0 Å². The van der Waals surface area contributed by atoms with Crippen molar-refractivity contribution in [3.05, 3.63) is 35.4 Å². The van der Waals surface area contributed by atoms with Crippen LogP contribution in [0.3, 0.4) is 0 Å². The summed E-state index contributed by atoms with van der Waals surface area (Å²) in [4.78, 5) is 4.87. The van der Waals surface area contributed by atoms with Gasteiger partial charge in [0, 0.05) is 39.3 Å². The third kappa shape index (κ3) is 13.3. The second kappa shape index (κ2) is 18.2. The smallest absolute Gasteiger partial charge is 0.169 e. The van der Waals surface area contributed by atoms with Gasteiger partial charge in [0.2, 0.25) is 0 Å². The number of hydrogen-bond acceptors (Lipinski definition) is 3. The zero-order valence-electron chi connectivity index (χ0n) is 21.5. The van der Waals surface area contributed by atoms with Crippen LogP contribution in [0.15, 0.2) is 24.3 Å². The van der Waals surface area contributed by atoms with E-state index in [2.05, 4.69) is 53.2 Å². The molecule has 0 aliphatic carbocycles. The van der Waals surface area contributed by atoms with Crippen LogP contribution < -0.4 is 5.32 Å². The first-order chi connectivity index (χ1) is 16.2. The summed E-state index contributed by atoms with van der Waals surface area (Å²) < 4.78 is 5.48. The van der Waals surface area contributed by atoms with Crippen molar-refractivity contribution >= 4 is 17.3 Å². The fraction of sp³-hybridized carbons (Fsp3) is 0.750. The third-order valence-electron chi connectivity index (χ3n) is 6.56. The van der Waals surface area contributed by atoms with E-state index in [9.17, 15) is 0 Å². The monoisotopic (exact) mass is 475 g/mol. The van der Waals surface area contributed by atoms with Crippen LogP contribution in [0.5, 0.6) is 0 Å². The Labute approximate surface area is 209 Å². The van der Waals surface area contributed by atoms with Crippen LogP contribution >= 0.6 is 12.2 Å². The highest BCUT2D eigenvalue weighted by atomic mass is 32.1. The van der Waals surface area contributed by atoms with Gasteiger partial charge < -0.3 is 15.0 Å². The third-order valence-corrected chi connectivity index (χ3v) is 6.96. The second-order valence-corrected chi connectivity index (χ2v) is 10.0.